The Labute approximate surface area is 155 Å². The first kappa shape index (κ1) is 18.3. The molecule has 0 aliphatic heterocycles. The number of nitrogens with one attached hydrogen (secondary N) is 1. The molecule has 7 nitrogen and oxygen atoms in total. The van der Waals surface area contributed by atoms with Gasteiger partial charge in [-0.3, -0.25) is 4.79 Å². The van der Waals surface area contributed by atoms with Gasteiger partial charge in [-0.05, 0) is 38.1 Å². The van der Waals surface area contributed by atoms with E-state index in [0.29, 0.717) is 5.69 Å². The highest BCUT2D eigenvalue weighted by atomic mass is 35.5. The fourth-order valence-corrected chi connectivity index (χ4v) is 3.34. The molecule has 0 saturated heterocycles. The molecule has 0 aliphatic rings. The van der Waals surface area contributed by atoms with E-state index in [9.17, 15) is 13.2 Å². The summed E-state index contributed by atoms with van der Waals surface area (Å²) in [5, 5.41) is 7.92. The molecule has 0 fully saturated rings. The minimum atomic E-state index is -3.44. The van der Waals surface area contributed by atoms with Crippen LogP contribution in [0.5, 0.6) is 0 Å². The molecule has 0 aliphatic carbocycles. The number of nitrogens with zero attached hydrogens (tertiary/aromatic N) is 3. The lowest BCUT2D eigenvalue weighted by atomic mass is 10.2. The quantitative estimate of drug-likeness (QED) is 0.735. The Bertz CT molecular complexity index is 1110. The van der Waals surface area contributed by atoms with Gasteiger partial charge < -0.3 is 5.32 Å². The summed E-state index contributed by atoms with van der Waals surface area (Å²) < 4.78 is 25.2. The molecule has 136 valence electrons. The van der Waals surface area contributed by atoms with Gasteiger partial charge in [0.1, 0.15) is 0 Å². The molecule has 0 radical (unpaired) electrons. The Kier molecular flexibility index (Phi) is 4.72. The number of carbonyl (C=O) groups excluding carboxylic acids is 1. The van der Waals surface area contributed by atoms with Gasteiger partial charge in [0.05, 0.1) is 33.6 Å². The predicted molar refractivity (Wildman–Crippen MR) is 100 cm³/mol. The van der Waals surface area contributed by atoms with Gasteiger partial charge in [0.2, 0.25) is 0 Å². The van der Waals surface area contributed by atoms with Crippen molar-refractivity contribution in [2.45, 2.75) is 24.8 Å². The van der Waals surface area contributed by atoms with E-state index in [4.69, 9.17) is 11.6 Å². The number of anilines is 1. The van der Waals surface area contributed by atoms with Crippen molar-refractivity contribution in [2.75, 3.05) is 11.6 Å². The zero-order chi connectivity index (χ0) is 19.1. The monoisotopic (exact) mass is 392 g/mol. The molecule has 0 saturated carbocycles. The number of hydrogen-bond donors (Lipinski definition) is 1. The Balaban J connectivity index is 1.92. The van der Waals surface area contributed by atoms with Crippen LogP contribution in [-0.4, -0.2) is 35.3 Å². The van der Waals surface area contributed by atoms with Gasteiger partial charge >= 0.3 is 0 Å². The number of pyridine rings is 1. The van der Waals surface area contributed by atoms with Crippen molar-refractivity contribution in [3.63, 3.8) is 0 Å². The summed E-state index contributed by atoms with van der Waals surface area (Å²) in [5.41, 5.74) is 1.26. The predicted octanol–water partition coefficient (Wildman–Crippen LogP) is 3.32. The summed E-state index contributed by atoms with van der Waals surface area (Å²) in [6.07, 6.45) is 4.27. The topological polar surface area (TPSA) is 94.0 Å². The van der Waals surface area contributed by atoms with Crippen molar-refractivity contribution in [3.05, 3.63) is 47.2 Å². The smallest absolute Gasteiger partial charge is 0.257 e. The van der Waals surface area contributed by atoms with Gasteiger partial charge in [-0.15, -0.1) is 0 Å². The highest BCUT2D eigenvalue weighted by Crippen LogP contribution is 2.23. The van der Waals surface area contributed by atoms with Crippen molar-refractivity contribution in [1.29, 1.82) is 0 Å². The van der Waals surface area contributed by atoms with Crippen LogP contribution in [0.2, 0.25) is 5.02 Å². The van der Waals surface area contributed by atoms with Crippen LogP contribution in [0.3, 0.4) is 0 Å². The average molecular weight is 393 g/mol. The minimum absolute atomic E-state index is 0.0267. The van der Waals surface area contributed by atoms with Gasteiger partial charge in [0.25, 0.3) is 5.91 Å². The van der Waals surface area contributed by atoms with Crippen LogP contribution in [0, 0.1) is 0 Å². The molecule has 2 heterocycles. The molecular weight excluding hydrogens is 376 g/mol. The van der Waals surface area contributed by atoms with E-state index in [1.807, 2.05) is 13.8 Å². The van der Waals surface area contributed by atoms with E-state index < -0.39 is 15.7 Å². The number of sulfone groups is 1. The number of rotatable bonds is 4. The van der Waals surface area contributed by atoms with Crippen LogP contribution >= 0.6 is 11.6 Å². The Morgan fingerprint density at radius 2 is 1.96 bits per heavy atom. The largest absolute Gasteiger partial charge is 0.321 e. The number of aromatic nitrogens is 3. The van der Waals surface area contributed by atoms with Gasteiger partial charge in [-0.2, -0.15) is 5.10 Å². The maximum absolute atomic E-state index is 12.5. The first-order chi connectivity index (χ1) is 12.2. The normalized spacial score (nSPS) is 11.9. The van der Waals surface area contributed by atoms with Crippen molar-refractivity contribution >= 4 is 44.1 Å². The molecule has 1 amide bonds. The lowest BCUT2D eigenvalue weighted by Gasteiger charge is -2.09. The molecule has 2 aromatic heterocycles. The third-order valence-electron chi connectivity index (χ3n) is 3.79. The summed E-state index contributed by atoms with van der Waals surface area (Å²) in [6, 6.07) is 5.93. The molecule has 26 heavy (non-hydrogen) atoms. The van der Waals surface area contributed by atoms with Crippen molar-refractivity contribution in [3.8, 4) is 0 Å². The highest BCUT2D eigenvalue weighted by Gasteiger charge is 2.16. The van der Waals surface area contributed by atoms with Crippen LogP contribution in [-0.2, 0) is 9.84 Å². The number of amides is 1. The van der Waals surface area contributed by atoms with Crippen molar-refractivity contribution < 1.29 is 13.2 Å². The van der Waals surface area contributed by atoms with Crippen LogP contribution in [0.1, 0.15) is 30.2 Å². The van der Waals surface area contributed by atoms with Gasteiger partial charge in [-0.25, -0.2) is 18.1 Å². The van der Waals surface area contributed by atoms with Crippen LogP contribution in [0.15, 0.2) is 41.6 Å². The van der Waals surface area contributed by atoms with Gasteiger partial charge in [0.15, 0.2) is 15.5 Å². The number of fused-ring (bicyclic) bond motifs is 1. The molecule has 0 atom stereocenters. The number of carbonyl (C=O) groups is 1. The first-order valence-corrected chi connectivity index (χ1v) is 10.1. The third-order valence-corrected chi connectivity index (χ3v) is 5.23. The maximum atomic E-state index is 12.5. The van der Waals surface area contributed by atoms with E-state index in [2.05, 4.69) is 15.4 Å². The fourth-order valence-electron chi connectivity index (χ4n) is 2.49. The molecule has 0 spiro atoms. The van der Waals surface area contributed by atoms with E-state index >= 15 is 0 Å². The van der Waals surface area contributed by atoms with E-state index in [1.54, 1.807) is 16.9 Å². The van der Waals surface area contributed by atoms with Crippen molar-refractivity contribution in [1.82, 2.24) is 14.8 Å². The second-order valence-corrected chi connectivity index (χ2v) is 8.61. The third kappa shape index (κ3) is 3.56. The summed E-state index contributed by atoms with van der Waals surface area (Å²) in [5.74, 6) is -0.516. The number of halogens is 1. The van der Waals surface area contributed by atoms with E-state index in [1.165, 1.54) is 24.4 Å². The first-order valence-electron chi connectivity index (χ1n) is 7.81. The summed E-state index contributed by atoms with van der Waals surface area (Å²) in [7, 11) is -3.44. The van der Waals surface area contributed by atoms with Gasteiger partial charge in [0, 0.05) is 17.7 Å². The minimum Gasteiger partial charge on any atom is -0.321 e. The zero-order valence-corrected chi connectivity index (χ0v) is 16.0. The lowest BCUT2D eigenvalue weighted by Crippen LogP contribution is -2.13. The fraction of sp³-hybridized carbons (Fsp3) is 0.235. The molecule has 3 rings (SSSR count). The number of benzene rings is 1. The molecule has 0 bridgehead atoms. The average Bonchev–Trinajstić information content (AvgIpc) is 2.97. The molecular formula is C17H17ClN4O3S. The Morgan fingerprint density at radius 3 is 2.62 bits per heavy atom. The molecule has 9 heteroatoms. The summed E-state index contributed by atoms with van der Waals surface area (Å²) >= 11 is 6.06. The van der Waals surface area contributed by atoms with Crippen LogP contribution in [0.4, 0.5) is 5.69 Å². The highest BCUT2D eigenvalue weighted by molar-refractivity contribution is 7.90. The summed E-state index contributed by atoms with van der Waals surface area (Å²) in [4.78, 5) is 16.9. The van der Waals surface area contributed by atoms with Crippen LogP contribution in [0.25, 0.3) is 11.0 Å². The Morgan fingerprint density at radius 1 is 1.23 bits per heavy atom. The molecule has 3 aromatic rings. The van der Waals surface area contributed by atoms with Crippen LogP contribution < -0.4 is 5.32 Å². The van der Waals surface area contributed by atoms with Crippen molar-refractivity contribution in [2.24, 2.45) is 0 Å². The summed E-state index contributed by atoms with van der Waals surface area (Å²) in [6.45, 7) is 4.00. The lowest BCUT2D eigenvalue weighted by molar-refractivity contribution is 0.102. The standard InChI is InChI=1S/C17H17ClN4O3S/c1-10(2)22-16-11(8-20-22)6-12(9-19-16)21-17(23)14-7-13(26(3,24)25)4-5-15(14)18/h4-10H,1-3H3,(H,21,23). The second kappa shape index (κ2) is 6.69. The zero-order valence-electron chi connectivity index (χ0n) is 14.4. The van der Waals surface area contributed by atoms with E-state index in [-0.39, 0.29) is 21.5 Å². The second-order valence-electron chi connectivity index (χ2n) is 6.19. The SMILES string of the molecule is CC(C)n1ncc2cc(NC(=O)c3cc(S(C)(=O)=O)ccc3Cl)cnc21. The van der Waals surface area contributed by atoms with E-state index in [0.717, 1.165) is 17.3 Å². The Hall–Kier alpha value is -2.45. The molecule has 0 unspecified atom stereocenters. The number of hydrogen-bond acceptors (Lipinski definition) is 5. The maximum Gasteiger partial charge on any atom is 0.257 e. The molecule has 1 aromatic carbocycles. The van der Waals surface area contributed by atoms with Gasteiger partial charge in [-0.1, -0.05) is 11.6 Å². The molecule has 1 N–H and O–H groups in total.